The number of fused-ring (bicyclic) bond motifs is 4. The highest BCUT2D eigenvalue weighted by Crippen LogP contribution is 2.57. The van der Waals surface area contributed by atoms with Crippen molar-refractivity contribution in [1.82, 2.24) is 14.9 Å². The molecule has 3 aromatic rings. The van der Waals surface area contributed by atoms with Crippen molar-refractivity contribution in [3.63, 3.8) is 0 Å². The molecule has 2 aliphatic carbocycles. The van der Waals surface area contributed by atoms with Crippen LogP contribution >= 0.6 is 0 Å². The van der Waals surface area contributed by atoms with E-state index >= 15 is 0 Å². The first kappa shape index (κ1) is 15.7. The molecule has 5 nitrogen and oxygen atoms in total. The number of ether oxygens (including phenoxy) is 1. The van der Waals surface area contributed by atoms with Gasteiger partial charge >= 0.3 is 0 Å². The number of aromatic nitrogens is 3. The first-order valence-corrected chi connectivity index (χ1v) is 9.24. The van der Waals surface area contributed by atoms with Crippen LogP contribution in [-0.2, 0) is 25.3 Å². The van der Waals surface area contributed by atoms with Gasteiger partial charge in [0.25, 0.3) is 0 Å². The molecule has 0 spiro atoms. The summed E-state index contributed by atoms with van der Waals surface area (Å²) < 4.78 is 13.3. The molecule has 0 amide bonds. The number of methoxy groups -OCH3 is 1. The summed E-state index contributed by atoms with van der Waals surface area (Å²) in [7, 11) is 3.79. The highest BCUT2D eigenvalue weighted by atomic mass is 16.5. The number of hydrogen-bond donors (Lipinski definition) is 0. The third kappa shape index (κ3) is 1.91. The molecule has 1 aromatic carbocycles. The van der Waals surface area contributed by atoms with Gasteiger partial charge in [-0.1, -0.05) is 24.2 Å². The van der Waals surface area contributed by atoms with Crippen LogP contribution in [0.15, 0.2) is 41.2 Å². The van der Waals surface area contributed by atoms with E-state index in [1.54, 1.807) is 7.11 Å². The molecule has 0 bridgehead atoms. The van der Waals surface area contributed by atoms with Gasteiger partial charge in [0, 0.05) is 23.9 Å². The van der Waals surface area contributed by atoms with Crippen molar-refractivity contribution in [3.05, 3.63) is 64.8 Å². The Kier molecular flexibility index (Phi) is 3.30. The number of aryl methyl sites for hydroxylation is 2. The second-order valence-electron chi connectivity index (χ2n) is 7.67. The fourth-order valence-electron chi connectivity index (χ4n) is 5.48. The molecule has 0 radical (unpaired) electrons. The third-order valence-electron chi connectivity index (χ3n) is 6.54. The van der Waals surface area contributed by atoms with Gasteiger partial charge < -0.3 is 9.26 Å². The minimum absolute atomic E-state index is 0.134. The lowest BCUT2D eigenvalue weighted by molar-refractivity contribution is 0.185. The van der Waals surface area contributed by atoms with Crippen molar-refractivity contribution in [2.75, 3.05) is 7.11 Å². The SMILES string of the molecule is COc1cccc(C23Cc4cnoc4C(C)C2CCc2cnn(C)c23)c1. The van der Waals surface area contributed by atoms with Crippen molar-refractivity contribution in [1.29, 1.82) is 0 Å². The maximum atomic E-state index is 5.65. The van der Waals surface area contributed by atoms with E-state index in [1.165, 1.54) is 22.4 Å². The summed E-state index contributed by atoms with van der Waals surface area (Å²) in [5.41, 5.74) is 5.07. The van der Waals surface area contributed by atoms with Crippen LogP contribution in [0, 0.1) is 5.92 Å². The van der Waals surface area contributed by atoms with Gasteiger partial charge in [0.2, 0.25) is 0 Å². The molecule has 0 saturated heterocycles. The van der Waals surface area contributed by atoms with Gasteiger partial charge in [-0.2, -0.15) is 5.10 Å². The molecule has 5 rings (SSSR count). The monoisotopic (exact) mass is 349 g/mol. The van der Waals surface area contributed by atoms with Crippen LogP contribution < -0.4 is 4.74 Å². The first-order chi connectivity index (χ1) is 12.6. The second-order valence-corrected chi connectivity index (χ2v) is 7.67. The smallest absolute Gasteiger partial charge is 0.143 e. The Bertz CT molecular complexity index is 973. The van der Waals surface area contributed by atoms with E-state index in [9.17, 15) is 0 Å². The Balaban J connectivity index is 1.82. The van der Waals surface area contributed by atoms with Gasteiger partial charge in [0.05, 0.1) is 25.2 Å². The second kappa shape index (κ2) is 5.47. The zero-order valence-corrected chi connectivity index (χ0v) is 15.4. The zero-order valence-electron chi connectivity index (χ0n) is 15.4. The summed E-state index contributed by atoms with van der Waals surface area (Å²) in [6, 6.07) is 8.54. The van der Waals surface area contributed by atoms with Crippen molar-refractivity contribution in [3.8, 4) is 5.75 Å². The normalized spacial score (nSPS) is 26.7. The van der Waals surface area contributed by atoms with E-state index in [2.05, 4.69) is 47.1 Å². The van der Waals surface area contributed by atoms with Crippen LogP contribution in [0.2, 0.25) is 0 Å². The highest BCUT2D eigenvalue weighted by Gasteiger charge is 2.54. The van der Waals surface area contributed by atoms with Crippen LogP contribution in [0.4, 0.5) is 0 Å². The number of benzene rings is 1. The number of rotatable bonds is 2. The number of nitrogens with zero attached hydrogens (tertiary/aromatic N) is 3. The van der Waals surface area contributed by atoms with E-state index < -0.39 is 0 Å². The lowest BCUT2D eigenvalue weighted by atomic mass is 9.53. The summed E-state index contributed by atoms with van der Waals surface area (Å²) in [4.78, 5) is 0. The van der Waals surface area contributed by atoms with E-state index in [-0.39, 0.29) is 5.41 Å². The van der Waals surface area contributed by atoms with Crippen molar-refractivity contribution >= 4 is 0 Å². The predicted molar refractivity (Wildman–Crippen MR) is 97.4 cm³/mol. The molecule has 3 atom stereocenters. The minimum atomic E-state index is -0.134. The molecular formula is C21H23N3O2. The topological polar surface area (TPSA) is 53.1 Å². The summed E-state index contributed by atoms with van der Waals surface area (Å²) in [5.74, 6) is 2.71. The molecule has 2 aromatic heterocycles. The van der Waals surface area contributed by atoms with Crippen LogP contribution in [0.25, 0.3) is 0 Å². The van der Waals surface area contributed by atoms with Gasteiger partial charge in [-0.05, 0) is 48.4 Å². The molecule has 26 heavy (non-hydrogen) atoms. The van der Waals surface area contributed by atoms with Crippen LogP contribution in [0.1, 0.15) is 47.4 Å². The van der Waals surface area contributed by atoms with Gasteiger partial charge in [-0.25, -0.2) is 0 Å². The number of hydrogen-bond acceptors (Lipinski definition) is 4. The summed E-state index contributed by atoms with van der Waals surface area (Å²) in [5, 5.41) is 8.73. The van der Waals surface area contributed by atoms with Crippen LogP contribution in [-0.4, -0.2) is 22.0 Å². The molecule has 0 fully saturated rings. The Labute approximate surface area is 153 Å². The first-order valence-electron chi connectivity index (χ1n) is 9.24. The Morgan fingerprint density at radius 1 is 1.27 bits per heavy atom. The molecule has 3 unspecified atom stereocenters. The average molecular weight is 349 g/mol. The standard InChI is InChI=1S/C21H23N3O2/c1-13-18-8-7-14-11-22-24(2)20(14)21(18,10-15-12-23-26-19(13)15)16-5-4-6-17(9-16)25-3/h4-6,9,11-13,18H,7-8,10H2,1-3H3. The Morgan fingerprint density at radius 3 is 3.00 bits per heavy atom. The Hall–Kier alpha value is -2.56. The van der Waals surface area contributed by atoms with Gasteiger partial charge in [-0.3, -0.25) is 4.68 Å². The summed E-state index contributed by atoms with van der Waals surface area (Å²) >= 11 is 0. The van der Waals surface area contributed by atoms with E-state index in [0.717, 1.165) is 30.8 Å². The average Bonchev–Trinajstić information content (AvgIpc) is 3.29. The Morgan fingerprint density at radius 2 is 2.15 bits per heavy atom. The van der Waals surface area contributed by atoms with Crippen LogP contribution in [0.5, 0.6) is 5.75 Å². The fraction of sp³-hybridized carbons (Fsp3) is 0.429. The minimum Gasteiger partial charge on any atom is -0.497 e. The fourth-order valence-corrected chi connectivity index (χ4v) is 5.48. The van der Waals surface area contributed by atoms with E-state index in [1.807, 2.05) is 18.5 Å². The molecule has 134 valence electrons. The van der Waals surface area contributed by atoms with Gasteiger partial charge in [-0.15, -0.1) is 0 Å². The molecule has 0 aliphatic heterocycles. The molecule has 0 N–H and O–H groups in total. The van der Waals surface area contributed by atoms with E-state index in [4.69, 9.17) is 9.26 Å². The summed E-state index contributed by atoms with van der Waals surface area (Å²) in [6.07, 6.45) is 7.01. The molecule has 2 aliphatic rings. The largest absolute Gasteiger partial charge is 0.497 e. The predicted octanol–water partition coefficient (Wildman–Crippen LogP) is 3.63. The lowest BCUT2D eigenvalue weighted by Crippen LogP contribution is -2.48. The quantitative estimate of drug-likeness (QED) is 0.709. The van der Waals surface area contributed by atoms with Crippen molar-refractivity contribution < 1.29 is 9.26 Å². The third-order valence-corrected chi connectivity index (χ3v) is 6.54. The maximum Gasteiger partial charge on any atom is 0.143 e. The summed E-state index contributed by atoms with van der Waals surface area (Å²) in [6.45, 7) is 2.28. The highest BCUT2D eigenvalue weighted by molar-refractivity contribution is 5.50. The van der Waals surface area contributed by atoms with Crippen molar-refractivity contribution in [2.24, 2.45) is 13.0 Å². The van der Waals surface area contributed by atoms with E-state index in [0.29, 0.717) is 11.8 Å². The molecular weight excluding hydrogens is 326 g/mol. The maximum absolute atomic E-state index is 5.65. The van der Waals surface area contributed by atoms with Gasteiger partial charge in [0.1, 0.15) is 11.5 Å². The van der Waals surface area contributed by atoms with Crippen molar-refractivity contribution in [2.45, 2.75) is 37.5 Å². The molecule has 0 saturated carbocycles. The lowest BCUT2D eigenvalue weighted by Gasteiger charge is -2.49. The molecule has 2 heterocycles. The zero-order chi connectivity index (χ0) is 17.9. The molecule has 5 heteroatoms. The van der Waals surface area contributed by atoms with Gasteiger partial charge in [0.15, 0.2) is 0 Å². The van der Waals surface area contributed by atoms with Crippen LogP contribution in [0.3, 0.4) is 0 Å².